The Labute approximate surface area is 190 Å². The van der Waals surface area contributed by atoms with E-state index in [-0.39, 0.29) is 11.9 Å². The van der Waals surface area contributed by atoms with Gasteiger partial charge in [0, 0.05) is 36.1 Å². The first-order valence-corrected chi connectivity index (χ1v) is 10.9. The molecule has 2 aromatic heterocycles. The minimum Gasteiger partial charge on any atom is -0.352 e. The van der Waals surface area contributed by atoms with Crippen molar-refractivity contribution < 1.29 is 4.79 Å². The zero-order valence-electron chi connectivity index (χ0n) is 17.0. The molecule has 9 heteroatoms. The van der Waals surface area contributed by atoms with Gasteiger partial charge in [0.05, 0.1) is 29.0 Å². The average Bonchev–Trinajstić information content (AvgIpc) is 2.79. The summed E-state index contributed by atoms with van der Waals surface area (Å²) in [6, 6.07) is 6.96. The third kappa shape index (κ3) is 4.94. The summed E-state index contributed by atoms with van der Waals surface area (Å²) < 4.78 is 0. The van der Waals surface area contributed by atoms with Crippen molar-refractivity contribution in [2.75, 3.05) is 18.4 Å². The van der Waals surface area contributed by atoms with E-state index in [0.717, 1.165) is 12.8 Å². The minimum atomic E-state index is -0.0830. The van der Waals surface area contributed by atoms with Crippen molar-refractivity contribution in [3.05, 3.63) is 64.7 Å². The third-order valence-electron chi connectivity index (χ3n) is 5.48. The second-order valence-electron chi connectivity index (χ2n) is 7.55. The molecule has 0 spiro atoms. The summed E-state index contributed by atoms with van der Waals surface area (Å²) in [4.78, 5) is 32.6. The molecule has 4 rings (SSSR count). The van der Waals surface area contributed by atoms with Crippen molar-refractivity contribution >= 4 is 35.1 Å². The fraction of sp³-hybridized carbons (Fsp3) is 0.318. The topological polar surface area (TPSA) is 83.9 Å². The van der Waals surface area contributed by atoms with Gasteiger partial charge in [-0.1, -0.05) is 30.1 Å². The van der Waals surface area contributed by atoms with Gasteiger partial charge in [-0.25, -0.2) is 19.9 Å². The maximum atomic E-state index is 13.7. The highest BCUT2D eigenvalue weighted by Gasteiger charge is 2.33. The van der Waals surface area contributed by atoms with Crippen LogP contribution < -0.4 is 5.32 Å². The molecule has 2 atom stereocenters. The smallest absolute Gasteiger partial charge is 0.254 e. The van der Waals surface area contributed by atoms with Crippen LogP contribution in [0.5, 0.6) is 0 Å². The first-order chi connectivity index (χ1) is 15.0. The SMILES string of the molecule is C[C@@H]1CCCN(C(=O)c2cc(Cl)ccc2-c2ncccn2)C1CNc1ncc(Cl)cn1. The van der Waals surface area contributed by atoms with Crippen LogP contribution in [0.2, 0.25) is 10.0 Å². The summed E-state index contributed by atoms with van der Waals surface area (Å²) in [6.45, 7) is 3.36. The summed E-state index contributed by atoms with van der Waals surface area (Å²) >= 11 is 12.1. The lowest BCUT2D eigenvalue weighted by molar-refractivity contribution is 0.0540. The van der Waals surface area contributed by atoms with Gasteiger partial charge in [-0.2, -0.15) is 0 Å². The van der Waals surface area contributed by atoms with Crippen molar-refractivity contribution in [2.45, 2.75) is 25.8 Å². The van der Waals surface area contributed by atoms with E-state index in [9.17, 15) is 4.79 Å². The van der Waals surface area contributed by atoms with Crippen LogP contribution in [0.4, 0.5) is 5.95 Å². The summed E-state index contributed by atoms with van der Waals surface area (Å²) in [5.41, 5.74) is 1.17. The first-order valence-electron chi connectivity index (χ1n) is 10.1. The Balaban J connectivity index is 1.61. The number of nitrogens with one attached hydrogen (secondary N) is 1. The number of likely N-dealkylation sites (tertiary alicyclic amines) is 1. The van der Waals surface area contributed by atoms with Gasteiger partial charge in [-0.3, -0.25) is 4.79 Å². The number of halogens is 2. The zero-order valence-corrected chi connectivity index (χ0v) is 18.5. The van der Waals surface area contributed by atoms with E-state index in [2.05, 4.69) is 32.2 Å². The number of aromatic nitrogens is 4. The largest absolute Gasteiger partial charge is 0.352 e. The lowest BCUT2D eigenvalue weighted by atomic mass is 9.89. The Kier molecular flexibility index (Phi) is 6.63. The second kappa shape index (κ2) is 9.58. The van der Waals surface area contributed by atoms with Gasteiger partial charge in [0.15, 0.2) is 5.82 Å². The number of anilines is 1. The fourth-order valence-electron chi connectivity index (χ4n) is 3.89. The van der Waals surface area contributed by atoms with Gasteiger partial charge in [0.1, 0.15) is 0 Å². The number of amides is 1. The molecule has 0 aliphatic carbocycles. The van der Waals surface area contributed by atoms with Gasteiger partial charge >= 0.3 is 0 Å². The molecule has 3 aromatic rings. The van der Waals surface area contributed by atoms with Gasteiger partial charge in [0.2, 0.25) is 5.95 Å². The standard InChI is InChI=1S/C22H22Cl2N6O/c1-14-4-2-9-30(19(14)13-29-22-27-11-16(24)12-28-22)21(31)18-10-15(23)5-6-17(18)20-25-7-3-8-26-20/h3,5-8,10-12,14,19H,2,4,9,13H2,1H3,(H,27,28,29)/t14-,19?/m1/s1. The van der Waals surface area contributed by atoms with Gasteiger partial charge in [0.25, 0.3) is 5.91 Å². The summed E-state index contributed by atoms with van der Waals surface area (Å²) in [6.07, 6.45) is 8.39. The fourth-order valence-corrected chi connectivity index (χ4v) is 4.16. The van der Waals surface area contributed by atoms with Crippen LogP contribution in [-0.4, -0.2) is 49.9 Å². The van der Waals surface area contributed by atoms with E-state index in [1.807, 2.05) is 4.90 Å². The van der Waals surface area contributed by atoms with Crippen molar-refractivity contribution in [1.82, 2.24) is 24.8 Å². The van der Waals surface area contributed by atoms with Crippen molar-refractivity contribution in [2.24, 2.45) is 5.92 Å². The zero-order chi connectivity index (χ0) is 21.8. The van der Waals surface area contributed by atoms with E-state index in [4.69, 9.17) is 23.2 Å². The minimum absolute atomic E-state index is 0.0240. The van der Waals surface area contributed by atoms with Crippen molar-refractivity contribution in [3.63, 3.8) is 0 Å². The Morgan fingerprint density at radius 3 is 2.61 bits per heavy atom. The van der Waals surface area contributed by atoms with Gasteiger partial charge in [-0.05, 0) is 43.0 Å². The van der Waals surface area contributed by atoms with Crippen LogP contribution in [0.15, 0.2) is 49.1 Å². The molecule has 160 valence electrons. The molecule has 31 heavy (non-hydrogen) atoms. The molecule has 0 saturated carbocycles. The van der Waals surface area contributed by atoms with Crippen molar-refractivity contribution in [1.29, 1.82) is 0 Å². The molecule has 1 unspecified atom stereocenters. The van der Waals surface area contributed by atoms with Crippen LogP contribution in [0, 0.1) is 5.92 Å². The van der Waals surface area contributed by atoms with E-state index < -0.39 is 0 Å². The summed E-state index contributed by atoms with van der Waals surface area (Å²) in [5, 5.41) is 4.21. The Morgan fingerprint density at radius 1 is 1.13 bits per heavy atom. The number of rotatable bonds is 5. The van der Waals surface area contributed by atoms with Crippen LogP contribution in [-0.2, 0) is 0 Å². The molecular formula is C22H22Cl2N6O. The van der Waals surface area contributed by atoms with E-state index in [1.54, 1.807) is 49.1 Å². The van der Waals surface area contributed by atoms with Crippen molar-refractivity contribution in [3.8, 4) is 11.4 Å². The molecule has 1 amide bonds. The van der Waals surface area contributed by atoms with Crippen LogP contribution in [0.1, 0.15) is 30.1 Å². The second-order valence-corrected chi connectivity index (χ2v) is 8.43. The van der Waals surface area contributed by atoms with E-state index in [1.165, 1.54) is 0 Å². The Bertz CT molecular complexity index is 1050. The number of hydrogen-bond acceptors (Lipinski definition) is 6. The lowest BCUT2D eigenvalue weighted by Crippen LogP contribution is -2.51. The Hall–Kier alpha value is -2.77. The molecular weight excluding hydrogens is 435 g/mol. The third-order valence-corrected chi connectivity index (χ3v) is 5.92. The van der Waals surface area contributed by atoms with Gasteiger partial charge in [-0.15, -0.1) is 0 Å². The average molecular weight is 457 g/mol. The van der Waals surface area contributed by atoms with E-state index in [0.29, 0.717) is 52.0 Å². The van der Waals surface area contributed by atoms with Crippen LogP contribution in [0.3, 0.4) is 0 Å². The highest BCUT2D eigenvalue weighted by molar-refractivity contribution is 6.31. The van der Waals surface area contributed by atoms with Crippen LogP contribution in [0.25, 0.3) is 11.4 Å². The molecule has 7 nitrogen and oxygen atoms in total. The van der Waals surface area contributed by atoms with Crippen LogP contribution >= 0.6 is 23.2 Å². The molecule has 1 fully saturated rings. The molecule has 0 radical (unpaired) electrons. The predicted octanol–water partition coefficient (Wildman–Crippen LogP) is 4.59. The quantitative estimate of drug-likeness (QED) is 0.603. The monoisotopic (exact) mass is 456 g/mol. The number of carbonyl (C=O) groups excluding carboxylic acids is 1. The number of carbonyl (C=O) groups is 1. The molecule has 0 bridgehead atoms. The summed E-state index contributed by atoms with van der Waals surface area (Å²) in [5.74, 6) is 1.21. The van der Waals surface area contributed by atoms with E-state index >= 15 is 0 Å². The molecule has 3 heterocycles. The number of nitrogens with zero attached hydrogens (tertiary/aromatic N) is 5. The lowest BCUT2D eigenvalue weighted by Gasteiger charge is -2.40. The van der Waals surface area contributed by atoms with Gasteiger partial charge < -0.3 is 10.2 Å². The predicted molar refractivity (Wildman–Crippen MR) is 121 cm³/mol. The first kappa shape index (κ1) is 21.5. The number of benzene rings is 1. The molecule has 1 aromatic carbocycles. The normalized spacial score (nSPS) is 18.6. The Morgan fingerprint density at radius 2 is 1.87 bits per heavy atom. The summed E-state index contributed by atoms with van der Waals surface area (Å²) in [7, 11) is 0. The highest BCUT2D eigenvalue weighted by atomic mass is 35.5. The molecule has 1 N–H and O–H groups in total. The maximum absolute atomic E-state index is 13.7. The maximum Gasteiger partial charge on any atom is 0.254 e. The molecule has 1 aliphatic heterocycles. The highest BCUT2D eigenvalue weighted by Crippen LogP contribution is 2.30. The number of piperidine rings is 1. The number of hydrogen-bond donors (Lipinski definition) is 1. The molecule has 1 aliphatic rings. The molecule has 1 saturated heterocycles.